The van der Waals surface area contributed by atoms with Crippen LogP contribution in [0.15, 0.2) is 33.4 Å². The Balaban J connectivity index is 1.70. The molecular formula is C13H14BrNS2. The second-order valence-electron chi connectivity index (χ2n) is 4.41. The maximum Gasteiger partial charge on any atom is 0.0346 e. The summed E-state index contributed by atoms with van der Waals surface area (Å²) in [6.45, 7) is 2.19. The molecule has 1 fully saturated rings. The lowest BCUT2D eigenvalue weighted by molar-refractivity contribution is 0.250. The van der Waals surface area contributed by atoms with Gasteiger partial charge in [-0.2, -0.15) is 0 Å². The monoisotopic (exact) mass is 327 g/mol. The highest BCUT2D eigenvalue weighted by Gasteiger charge is 2.29. The lowest BCUT2D eigenvalue weighted by Crippen LogP contribution is -2.24. The van der Waals surface area contributed by atoms with Crippen LogP contribution in [-0.2, 0) is 13.1 Å². The number of rotatable bonds is 5. The SMILES string of the molecule is Brc1ccsc1CN(Cc1cccs1)C1CC1. The van der Waals surface area contributed by atoms with E-state index in [4.69, 9.17) is 0 Å². The van der Waals surface area contributed by atoms with Gasteiger partial charge in [-0.3, -0.25) is 4.90 Å². The first-order valence-corrected chi connectivity index (χ1v) is 8.36. The molecule has 0 saturated heterocycles. The first-order chi connectivity index (χ1) is 8.33. The molecule has 2 aromatic heterocycles. The molecule has 0 spiro atoms. The molecule has 17 heavy (non-hydrogen) atoms. The van der Waals surface area contributed by atoms with E-state index in [1.54, 1.807) is 0 Å². The summed E-state index contributed by atoms with van der Waals surface area (Å²) < 4.78 is 1.26. The Kier molecular flexibility index (Phi) is 3.66. The Labute approximate surface area is 118 Å². The molecule has 1 aliphatic rings. The van der Waals surface area contributed by atoms with Crippen molar-refractivity contribution in [3.63, 3.8) is 0 Å². The molecule has 0 N–H and O–H groups in total. The smallest absolute Gasteiger partial charge is 0.0346 e. The molecule has 1 saturated carbocycles. The van der Waals surface area contributed by atoms with E-state index in [-0.39, 0.29) is 0 Å². The van der Waals surface area contributed by atoms with Gasteiger partial charge in [-0.25, -0.2) is 0 Å². The number of hydrogen-bond acceptors (Lipinski definition) is 3. The van der Waals surface area contributed by atoms with Crippen molar-refractivity contribution in [3.8, 4) is 0 Å². The number of hydrogen-bond donors (Lipinski definition) is 0. The van der Waals surface area contributed by atoms with E-state index in [2.05, 4.69) is 49.8 Å². The van der Waals surface area contributed by atoms with Crippen LogP contribution in [-0.4, -0.2) is 10.9 Å². The third-order valence-corrected chi connectivity index (χ3v) is 5.81. The summed E-state index contributed by atoms with van der Waals surface area (Å²) >= 11 is 7.34. The van der Waals surface area contributed by atoms with Gasteiger partial charge in [-0.05, 0) is 51.7 Å². The summed E-state index contributed by atoms with van der Waals surface area (Å²) in [5.41, 5.74) is 0. The number of nitrogens with zero attached hydrogens (tertiary/aromatic N) is 1. The van der Waals surface area contributed by atoms with Crippen molar-refractivity contribution in [2.75, 3.05) is 0 Å². The first-order valence-electron chi connectivity index (χ1n) is 5.81. The molecule has 0 amide bonds. The fraction of sp³-hybridized carbons (Fsp3) is 0.385. The van der Waals surface area contributed by atoms with Gasteiger partial charge in [0.05, 0.1) is 0 Å². The molecule has 0 radical (unpaired) electrons. The highest BCUT2D eigenvalue weighted by molar-refractivity contribution is 9.10. The van der Waals surface area contributed by atoms with Crippen LogP contribution in [0.1, 0.15) is 22.6 Å². The molecule has 2 heterocycles. The standard InChI is InChI=1S/C13H14BrNS2/c14-12-5-7-17-13(12)9-15(10-3-4-10)8-11-2-1-6-16-11/h1-2,5-7,10H,3-4,8-9H2. The van der Waals surface area contributed by atoms with Crippen molar-refractivity contribution in [2.24, 2.45) is 0 Å². The molecule has 4 heteroatoms. The third kappa shape index (κ3) is 2.99. The van der Waals surface area contributed by atoms with Crippen LogP contribution in [0.2, 0.25) is 0 Å². The molecule has 1 aliphatic carbocycles. The Bertz CT molecular complexity index is 473. The van der Waals surface area contributed by atoms with E-state index < -0.39 is 0 Å². The Morgan fingerprint density at radius 3 is 2.65 bits per heavy atom. The third-order valence-electron chi connectivity index (χ3n) is 3.04. The highest BCUT2D eigenvalue weighted by atomic mass is 79.9. The van der Waals surface area contributed by atoms with Crippen molar-refractivity contribution < 1.29 is 0 Å². The van der Waals surface area contributed by atoms with Gasteiger partial charge < -0.3 is 0 Å². The van der Waals surface area contributed by atoms with E-state index in [9.17, 15) is 0 Å². The van der Waals surface area contributed by atoms with E-state index in [0.29, 0.717) is 0 Å². The lowest BCUT2D eigenvalue weighted by atomic mass is 10.3. The second-order valence-corrected chi connectivity index (χ2v) is 7.29. The minimum atomic E-state index is 0.811. The van der Waals surface area contributed by atoms with Crippen LogP contribution < -0.4 is 0 Å². The van der Waals surface area contributed by atoms with Crippen molar-refractivity contribution in [1.82, 2.24) is 4.90 Å². The fourth-order valence-corrected chi connectivity index (χ4v) is 4.21. The van der Waals surface area contributed by atoms with Crippen molar-refractivity contribution >= 4 is 38.6 Å². The topological polar surface area (TPSA) is 3.24 Å². The van der Waals surface area contributed by atoms with Crippen LogP contribution in [0.5, 0.6) is 0 Å². The molecule has 3 rings (SSSR count). The zero-order valence-corrected chi connectivity index (χ0v) is 12.7. The van der Waals surface area contributed by atoms with Gasteiger partial charge in [0, 0.05) is 33.4 Å². The first kappa shape index (κ1) is 11.9. The quantitative estimate of drug-likeness (QED) is 0.766. The Hall–Kier alpha value is -0.160. The number of halogens is 1. The molecule has 0 unspecified atom stereocenters. The van der Waals surface area contributed by atoms with Gasteiger partial charge in [0.25, 0.3) is 0 Å². The Morgan fingerprint density at radius 2 is 2.06 bits per heavy atom. The summed E-state index contributed by atoms with van der Waals surface area (Å²) in [6.07, 6.45) is 2.74. The minimum Gasteiger partial charge on any atom is -0.290 e. The van der Waals surface area contributed by atoms with Gasteiger partial charge in [0.15, 0.2) is 0 Å². The van der Waals surface area contributed by atoms with Crippen LogP contribution in [0.25, 0.3) is 0 Å². The summed E-state index contributed by atoms with van der Waals surface area (Å²) in [4.78, 5) is 5.54. The second kappa shape index (κ2) is 5.22. The molecule has 1 nitrogen and oxygen atoms in total. The van der Waals surface area contributed by atoms with Crippen molar-refractivity contribution in [3.05, 3.63) is 43.2 Å². The maximum absolute atomic E-state index is 3.63. The average Bonchev–Trinajstić information content (AvgIpc) is 2.91. The van der Waals surface area contributed by atoms with E-state index in [0.717, 1.165) is 19.1 Å². The van der Waals surface area contributed by atoms with Crippen LogP contribution in [0.3, 0.4) is 0 Å². The Morgan fingerprint density at radius 1 is 1.18 bits per heavy atom. The molecule has 0 aromatic carbocycles. The van der Waals surface area contributed by atoms with Gasteiger partial charge in [-0.15, -0.1) is 22.7 Å². The molecule has 0 atom stereocenters. The van der Waals surface area contributed by atoms with Gasteiger partial charge in [0.2, 0.25) is 0 Å². The predicted octanol–water partition coefficient (Wildman–Crippen LogP) is 4.74. The van der Waals surface area contributed by atoms with E-state index in [1.165, 1.54) is 27.1 Å². The lowest BCUT2D eigenvalue weighted by Gasteiger charge is -2.20. The summed E-state index contributed by atoms with van der Waals surface area (Å²) in [7, 11) is 0. The van der Waals surface area contributed by atoms with Crippen molar-refractivity contribution in [2.45, 2.75) is 32.0 Å². The van der Waals surface area contributed by atoms with E-state index >= 15 is 0 Å². The summed E-state index contributed by atoms with van der Waals surface area (Å²) in [5.74, 6) is 0. The molecule has 0 bridgehead atoms. The molecule has 2 aromatic rings. The zero-order chi connectivity index (χ0) is 11.7. The van der Waals surface area contributed by atoms with Gasteiger partial charge in [-0.1, -0.05) is 6.07 Å². The van der Waals surface area contributed by atoms with Gasteiger partial charge >= 0.3 is 0 Å². The largest absolute Gasteiger partial charge is 0.290 e. The fourth-order valence-electron chi connectivity index (χ4n) is 1.98. The van der Waals surface area contributed by atoms with E-state index in [1.807, 2.05) is 22.7 Å². The van der Waals surface area contributed by atoms with Crippen LogP contribution >= 0.6 is 38.6 Å². The van der Waals surface area contributed by atoms with Crippen molar-refractivity contribution in [1.29, 1.82) is 0 Å². The van der Waals surface area contributed by atoms with Gasteiger partial charge in [0.1, 0.15) is 0 Å². The van der Waals surface area contributed by atoms with Crippen LogP contribution in [0, 0.1) is 0 Å². The molecular weight excluding hydrogens is 314 g/mol. The average molecular weight is 328 g/mol. The number of thiophene rings is 2. The van der Waals surface area contributed by atoms with Crippen LogP contribution in [0.4, 0.5) is 0 Å². The highest BCUT2D eigenvalue weighted by Crippen LogP contribution is 2.33. The molecule has 0 aliphatic heterocycles. The summed E-state index contributed by atoms with van der Waals surface area (Å²) in [5, 5.41) is 4.33. The molecule has 90 valence electrons. The predicted molar refractivity (Wildman–Crippen MR) is 78.6 cm³/mol. The zero-order valence-electron chi connectivity index (χ0n) is 9.43. The summed E-state index contributed by atoms with van der Waals surface area (Å²) in [6, 6.07) is 7.34. The maximum atomic E-state index is 3.63. The normalized spacial score (nSPS) is 15.6. The minimum absolute atomic E-state index is 0.811.